The Balaban J connectivity index is 1.60. The first-order valence-electron chi connectivity index (χ1n) is 20.9. The number of fused-ring (bicyclic) bond motifs is 4. The molecule has 0 aromatic carbocycles. The highest BCUT2D eigenvalue weighted by Crippen LogP contribution is 2.40. The van der Waals surface area contributed by atoms with Gasteiger partial charge in [-0.2, -0.15) is 0 Å². The first-order valence-corrected chi connectivity index (χ1v) is 20.9. The van der Waals surface area contributed by atoms with Gasteiger partial charge in [-0.3, -0.25) is 14.4 Å². The lowest BCUT2D eigenvalue weighted by Crippen LogP contribution is -2.60. The van der Waals surface area contributed by atoms with Crippen molar-refractivity contribution in [3.8, 4) is 0 Å². The summed E-state index contributed by atoms with van der Waals surface area (Å²) in [6, 6.07) is 3.19. The quantitative estimate of drug-likeness (QED) is 0.185. The Morgan fingerprint density at radius 3 is 2.50 bits per heavy atom. The summed E-state index contributed by atoms with van der Waals surface area (Å²) in [7, 11) is 3.73. The number of amides is 1. The molecule has 334 valence electrons. The van der Waals surface area contributed by atoms with Crippen LogP contribution in [-0.2, 0) is 47.6 Å². The highest BCUT2D eigenvalue weighted by Gasteiger charge is 2.53. The summed E-state index contributed by atoms with van der Waals surface area (Å²) in [4.78, 5) is 59.0. The molecule has 5 heterocycles. The van der Waals surface area contributed by atoms with Crippen molar-refractivity contribution in [1.82, 2.24) is 9.88 Å². The number of aliphatic hydroxyl groups is 2. The fourth-order valence-corrected chi connectivity index (χ4v) is 8.91. The third-order valence-electron chi connectivity index (χ3n) is 12.3. The standard InChI is InChI=1S/C43H65N5O12/c1-11-32-43(8,53)38-25(4)34-23(2)19-42(7,37(26(5)35(49)27(6)40(52)58-32)59-41-36(50)30(48(9)10)17-24(3)57-41)56-21-29(20-55-38)47-60-31(39(51)46-34)22-54-16-12-13-28-14-15-45-33(44)18-28/h12-15,18,23-27,30-32,36-38,41,50,53H,11,16-17,19-22H2,1-10H3,(H2,44,45)/b13-12+,46-34?,47-29+/t23-,24-,25-,26+,27-,30+,31?,32-,36-,37-,38+,41+,42-,43-/m1/s1. The number of aliphatic imine (C=N–C) groups is 1. The second-order valence-corrected chi connectivity index (χ2v) is 17.4. The number of aromatic nitrogens is 1. The van der Waals surface area contributed by atoms with Gasteiger partial charge in [0.25, 0.3) is 5.91 Å². The molecule has 5 rings (SSSR count). The number of rotatable bonds is 9. The van der Waals surface area contributed by atoms with E-state index in [1.165, 1.54) is 13.8 Å². The topological polar surface area (TPSA) is 223 Å². The number of cyclic esters (lactones) is 1. The fraction of sp³-hybridized carbons (Fsp3) is 0.721. The van der Waals surface area contributed by atoms with Crippen molar-refractivity contribution in [2.45, 2.75) is 135 Å². The van der Waals surface area contributed by atoms with Gasteiger partial charge >= 0.3 is 5.97 Å². The van der Waals surface area contributed by atoms with Crippen molar-refractivity contribution >= 4 is 41.0 Å². The Morgan fingerprint density at radius 2 is 1.82 bits per heavy atom. The smallest absolute Gasteiger partial charge is 0.316 e. The van der Waals surface area contributed by atoms with E-state index >= 15 is 0 Å². The molecule has 1 unspecified atom stereocenters. The number of carbonyl (C=O) groups is 3. The first kappa shape index (κ1) is 47.4. The number of aliphatic hydroxyl groups excluding tert-OH is 1. The molecule has 4 aliphatic rings. The molecule has 1 aromatic heterocycles. The molecule has 14 atom stereocenters. The molecule has 17 heteroatoms. The molecular weight excluding hydrogens is 778 g/mol. The molecule has 0 aliphatic carbocycles. The number of oxime groups is 1. The van der Waals surface area contributed by atoms with E-state index in [0.717, 1.165) is 5.56 Å². The van der Waals surface area contributed by atoms with Gasteiger partial charge in [0.1, 0.15) is 35.3 Å². The highest BCUT2D eigenvalue weighted by molar-refractivity contribution is 6.01. The lowest BCUT2D eigenvalue weighted by molar-refractivity contribution is -0.296. The van der Waals surface area contributed by atoms with Crippen LogP contribution in [0.25, 0.3) is 6.08 Å². The maximum Gasteiger partial charge on any atom is 0.316 e. The highest BCUT2D eigenvalue weighted by atomic mass is 16.7. The number of ether oxygens (including phenoxy) is 6. The molecule has 3 saturated heterocycles. The molecule has 4 aliphatic heterocycles. The van der Waals surface area contributed by atoms with Gasteiger partial charge in [-0.1, -0.05) is 45.0 Å². The zero-order valence-electron chi connectivity index (χ0n) is 36.6. The number of likely N-dealkylation sites (N-methyl/N-ethyl adjacent to an activating group) is 1. The summed E-state index contributed by atoms with van der Waals surface area (Å²) < 4.78 is 38.1. The van der Waals surface area contributed by atoms with Gasteiger partial charge in [-0.15, -0.1) is 0 Å². The zero-order valence-corrected chi connectivity index (χ0v) is 36.6. The molecule has 0 spiro atoms. The Kier molecular flexibility index (Phi) is 15.8. The zero-order chi connectivity index (χ0) is 44.1. The number of esters is 1. The normalized spacial score (nSPS) is 39.6. The van der Waals surface area contributed by atoms with Crippen LogP contribution in [0.1, 0.15) is 80.2 Å². The summed E-state index contributed by atoms with van der Waals surface area (Å²) in [5.41, 5.74) is 3.94. The van der Waals surface area contributed by atoms with Crippen LogP contribution in [0.2, 0.25) is 0 Å². The Bertz CT molecular complexity index is 1770. The van der Waals surface area contributed by atoms with E-state index in [2.05, 4.69) is 15.1 Å². The SMILES string of the molecule is CC[C@H]1OC(=O)[C@H](C)C(=O)[C@H](C)[C@@H](O[C@@H]2O[C@H](C)C[C@H](N(C)C)[C@H]2O)[C@@]2(C)C[C@@H](C)C3=NC(=O)C(COC/C=C/c4ccnc(N)c4)O/N=C(\CO[C@@H]([C@@H]3C)[C@]1(C)O)CO2. The molecule has 1 amide bonds. The average Bonchev–Trinajstić information content (AvgIpc) is 3.22. The monoisotopic (exact) mass is 843 g/mol. The molecule has 60 heavy (non-hydrogen) atoms. The summed E-state index contributed by atoms with van der Waals surface area (Å²) in [6.45, 7) is 13.2. The lowest BCUT2D eigenvalue weighted by atomic mass is 9.73. The molecule has 1 aromatic rings. The van der Waals surface area contributed by atoms with Gasteiger partial charge < -0.3 is 54.1 Å². The van der Waals surface area contributed by atoms with Gasteiger partial charge in [-0.05, 0) is 84.7 Å². The number of ketones is 1. The van der Waals surface area contributed by atoms with Crippen molar-refractivity contribution in [2.24, 2.45) is 33.8 Å². The summed E-state index contributed by atoms with van der Waals surface area (Å²) in [6.07, 6.45) is -1.18. The minimum atomic E-state index is -1.85. The van der Waals surface area contributed by atoms with Gasteiger partial charge in [0, 0.05) is 29.8 Å². The van der Waals surface area contributed by atoms with E-state index in [-0.39, 0.29) is 57.1 Å². The summed E-state index contributed by atoms with van der Waals surface area (Å²) in [5, 5.41) is 28.4. The molecule has 0 saturated carbocycles. The largest absolute Gasteiger partial charge is 0.459 e. The van der Waals surface area contributed by atoms with Crippen LogP contribution in [0.4, 0.5) is 5.82 Å². The first-order chi connectivity index (χ1) is 28.3. The van der Waals surface area contributed by atoms with Gasteiger partial charge in [0.2, 0.25) is 6.10 Å². The molecule has 4 N–H and O–H groups in total. The number of hydrogen-bond acceptors (Lipinski definition) is 16. The maximum absolute atomic E-state index is 14.4. The van der Waals surface area contributed by atoms with Crippen LogP contribution >= 0.6 is 0 Å². The number of hydrogen-bond donors (Lipinski definition) is 3. The molecule has 17 nitrogen and oxygen atoms in total. The summed E-state index contributed by atoms with van der Waals surface area (Å²) in [5.74, 6) is -5.24. The second kappa shape index (κ2) is 20.0. The lowest BCUT2D eigenvalue weighted by Gasteiger charge is -2.47. The third kappa shape index (κ3) is 10.8. The minimum absolute atomic E-state index is 0.131. The van der Waals surface area contributed by atoms with Crippen molar-refractivity contribution < 1.29 is 57.9 Å². The molecule has 3 fully saturated rings. The predicted molar refractivity (Wildman–Crippen MR) is 222 cm³/mol. The minimum Gasteiger partial charge on any atom is -0.459 e. The van der Waals surface area contributed by atoms with Gasteiger partial charge in [0.15, 0.2) is 12.1 Å². The van der Waals surface area contributed by atoms with Gasteiger partial charge in [0.05, 0.1) is 50.3 Å². The van der Waals surface area contributed by atoms with Crippen LogP contribution < -0.4 is 5.73 Å². The summed E-state index contributed by atoms with van der Waals surface area (Å²) >= 11 is 0. The van der Waals surface area contributed by atoms with Crippen molar-refractivity contribution in [1.29, 1.82) is 0 Å². The Morgan fingerprint density at radius 1 is 1.08 bits per heavy atom. The number of anilines is 1. The molecular formula is C43H65N5O12. The van der Waals surface area contributed by atoms with Crippen LogP contribution in [0.15, 0.2) is 34.6 Å². The predicted octanol–water partition coefficient (Wildman–Crippen LogP) is 2.99. The third-order valence-corrected chi connectivity index (χ3v) is 12.3. The Labute approximate surface area is 353 Å². The Hall–Kier alpha value is -3.68. The van der Waals surface area contributed by atoms with E-state index in [9.17, 15) is 24.6 Å². The van der Waals surface area contributed by atoms with Crippen LogP contribution in [0, 0.1) is 23.7 Å². The van der Waals surface area contributed by atoms with E-state index in [1.807, 2.05) is 38.9 Å². The fourth-order valence-electron chi connectivity index (χ4n) is 8.91. The van der Waals surface area contributed by atoms with Crippen LogP contribution in [0.3, 0.4) is 0 Å². The van der Waals surface area contributed by atoms with E-state index in [4.69, 9.17) is 39.0 Å². The van der Waals surface area contributed by atoms with Crippen molar-refractivity contribution in [3.63, 3.8) is 0 Å². The second-order valence-electron chi connectivity index (χ2n) is 17.4. The number of nitrogen functional groups attached to an aromatic ring is 1. The van der Waals surface area contributed by atoms with Crippen LogP contribution in [0.5, 0.6) is 0 Å². The number of Topliss-reactive ketones (excluding diaryl/α,β-unsaturated/α-hetero) is 1. The molecule has 0 radical (unpaired) electrons. The van der Waals surface area contributed by atoms with E-state index in [1.54, 1.807) is 52.1 Å². The van der Waals surface area contributed by atoms with E-state index < -0.39 is 89.3 Å². The van der Waals surface area contributed by atoms with Crippen molar-refractivity contribution in [2.75, 3.05) is 46.3 Å². The number of pyridine rings is 1. The molecule has 4 bridgehead atoms. The maximum atomic E-state index is 14.4. The van der Waals surface area contributed by atoms with Gasteiger partial charge in [-0.25, -0.2) is 9.98 Å². The number of carbonyl (C=O) groups excluding carboxylic acids is 3. The number of nitrogens with two attached hydrogens (primary N) is 1. The van der Waals surface area contributed by atoms with E-state index in [0.29, 0.717) is 18.0 Å². The van der Waals surface area contributed by atoms with Crippen molar-refractivity contribution in [3.05, 3.63) is 30.0 Å². The number of nitrogens with zero attached hydrogens (tertiary/aromatic N) is 4. The van der Waals surface area contributed by atoms with Crippen LogP contribution in [-0.4, -0.2) is 150 Å². The average molecular weight is 844 g/mol.